The number of hydrogen-bond acceptors (Lipinski definition) is 8. The summed E-state index contributed by atoms with van der Waals surface area (Å²) >= 11 is 3.57. The Hall–Kier alpha value is -0.430. The maximum absolute atomic E-state index is 11.4. The van der Waals surface area contributed by atoms with Gasteiger partial charge in [0.1, 0.15) is 10.3 Å². The Labute approximate surface area is 185 Å². The number of likely N-dealkylation sites (N-methyl/N-ethyl adjacent to an activating group) is 1. The zero-order chi connectivity index (χ0) is 21.3. The third-order valence-electron chi connectivity index (χ3n) is 4.07. The normalized spacial score (nSPS) is 15.3. The zero-order valence-corrected chi connectivity index (χ0v) is 20.3. The van der Waals surface area contributed by atoms with Crippen LogP contribution in [0.3, 0.4) is 0 Å². The van der Waals surface area contributed by atoms with E-state index in [0.717, 1.165) is 48.0 Å². The van der Waals surface area contributed by atoms with E-state index >= 15 is 0 Å². The van der Waals surface area contributed by atoms with Crippen molar-refractivity contribution < 1.29 is 18.4 Å². The van der Waals surface area contributed by atoms with E-state index in [0.29, 0.717) is 46.2 Å². The standard InChI is InChI=1S/C16H30BrN5O4S.C2H6/c1-18-2-6-24-8-10-26-11-9-25-7-3-22-16(17)15(19-20-22)14-21-4-12-27(23)13-5-21;1-2/h18H,2-14H2,1H3;1-2H3. The molecule has 11 heteroatoms. The predicted octanol–water partition coefficient (Wildman–Crippen LogP) is 0.900. The van der Waals surface area contributed by atoms with Crippen LogP contribution < -0.4 is 5.32 Å². The summed E-state index contributed by atoms with van der Waals surface area (Å²) in [6, 6.07) is 0. The van der Waals surface area contributed by atoms with Gasteiger partial charge in [-0.15, -0.1) is 5.10 Å². The first-order chi connectivity index (χ1) is 14.2. The number of rotatable bonds is 14. The van der Waals surface area contributed by atoms with Gasteiger partial charge in [0.05, 0.1) is 46.2 Å². The topological polar surface area (TPSA) is 90.7 Å². The van der Waals surface area contributed by atoms with Crippen LogP contribution in [0.25, 0.3) is 0 Å². The van der Waals surface area contributed by atoms with Gasteiger partial charge in [-0.25, -0.2) is 4.68 Å². The van der Waals surface area contributed by atoms with Crippen molar-refractivity contribution in [1.82, 2.24) is 25.2 Å². The first-order valence-corrected chi connectivity index (χ1v) is 12.5. The van der Waals surface area contributed by atoms with Crippen LogP contribution in [-0.4, -0.2) is 102 Å². The Morgan fingerprint density at radius 1 is 1.03 bits per heavy atom. The molecule has 1 N–H and O–H groups in total. The summed E-state index contributed by atoms with van der Waals surface area (Å²) in [5.41, 5.74) is 0.907. The van der Waals surface area contributed by atoms with Crippen molar-refractivity contribution in [2.24, 2.45) is 0 Å². The van der Waals surface area contributed by atoms with Gasteiger partial charge in [-0.2, -0.15) is 0 Å². The number of nitrogens with one attached hydrogen (secondary N) is 1. The summed E-state index contributed by atoms with van der Waals surface area (Å²) in [6.07, 6.45) is 0. The molecule has 0 spiro atoms. The molecule has 0 aromatic carbocycles. The van der Waals surface area contributed by atoms with Gasteiger partial charge >= 0.3 is 0 Å². The highest BCUT2D eigenvalue weighted by atomic mass is 79.9. The molecule has 0 amide bonds. The second-order valence-corrected chi connectivity index (χ2v) is 8.56. The highest BCUT2D eigenvalue weighted by molar-refractivity contribution is 9.10. The van der Waals surface area contributed by atoms with Crippen molar-refractivity contribution in [3.05, 3.63) is 10.3 Å². The van der Waals surface area contributed by atoms with Gasteiger partial charge in [-0.3, -0.25) is 9.11 Å². The average Bonchev–Trinajstić information content (AvgIpc) is 3.09. The van der Waals surface area contributed by atoms with Crippen LogP contribution in [0.4, 0.5) is 0 Å². The minimum Gasteiger partial charge on any atom is -0.378 e. The number of hydrogen-bond donors (Lipinski definition) is 1. The summed E-state index contributed by atoms with van der Waals surface area (Å²) in [4.78, 5) is 2.26. The Morgan fingerprint density at radius 3 is 2.24 bits per heavy atom. The molecule has 170 valence electrons. The van der Waals surface area contributed by atoms with E-state index in [9.17, 15) is 4.21 Å². The zero-order valence-electron chi connectivity index (χ0n) is 17.9. The van der Waals surface area contributed by atoms with Gasteiger partial charge in [0.25, 0.3) is 0 Å². The van der Waals surface area contributed by atoms with Crippen molar-refractivity contribution in [1.29, 1.82) is 0 Å². The molecule has 29 heavy (non-hydrogen) atoms. The lowest BCUT2D eigenvalue weighted by Crippen LogP contribution is -2.37. The van der Waals surface area contributed by atoms with Crippen LogP contribution in [0.1, 0.15) is 19.5 Å². The monoisotopic (exact) mass is 497 g/mol. The van der Waals surface area contributed by atoms with E-state index in [1.54, 1.807) is 4.68 Å². The third kappa shape index (κ3) is 11.5. The van der Waals surface area contributed by atoms with Crippen LogP contribution in [0, 0.1) is 0 Å². The second-order valence-electron chi connectivity index (χ2n) is 6.11. The molecule has 9 nitrogen and oxygen atoms in total. The minimum atomic E-state index is -0.661. The SMILES string of the molecule is CC.CNCCOCCOCCOCCn1nnc(CN2CCS(=O)CC2)c1Br. The molecule has 1 saturated heterocycles. The number of ether oxygens (including phenoxy) is 3. The molecule has 0 atom stereocenters. The Bertz CT molecular complexity index is 554. The van der Waals surface area contributed by atoms with Crippen LogP contribution in [-0.2, 0) is 38.1 Å². The van der Waals surface area contributed by atoms with Gasteiger partial charge in [0, 0.05) is 48.5 Å². The molecular weight excluding hydrogens is 462 g/mol. The van der Waals surface area contributed by atoms with E-state index in [1.165, 1.54) is 0 Å². The fourth-order valence-electron chi connectivity index (χ4n) is 2.49. The lowest BCUT2D eigenvalue weighted by Gasteiger charge is -2.25. The van der Waals surface area contributed by atoms with Crippen molar-refractivity contribution >= 4 is 26.7 Å². The highest BCUT2D eigenvalue weighted by Crippen LogP contribution is 2.16. The van der Waals surface area contributed by atoms with Crippen molar-refractivity contribution in [3.63, 3.8) is 0 Å². The fourth-order valence-corrected chi connectivity index (χ4v) is 4.07. The van der Waals surface area contributed by atoms with Gasteiger partial charge in [-0.05, 0) is 23.0 Å². The molecule has 0 radical (unpaired) electrons. The molecule has 1 aliphatic rings. The van der Waals surface area contributed by atoms with Crippen LogP contribution in [0.5, 0.6) is 0 Å². The van der Waals surface area contributed by atoms with Crippen LogP contribution in [0.2, 0.25) is 0 Å². The van der Waals surface area contributed by atoms with Crippen molar-refractivity contribution in [2.45, 2.75) is 26.9 Å². The number of halogens is 1. The average molecular weight is 498 g/mol. The quantitative estimate of drug-likeness (QED) is 0.379. The molecule has 1 aromatic heterocycles. The van der Waals surface area contributed by atoms with E-state index in [-0.39, 0.29) is 0 Å². The fraction of sp³-hybridized carbons (Fsp3) is 0.889. The first kappa shape index (κ1) is 26.6. The summed E-state index contributed by atoms with van der Waals surface area (Å²) in [7, 11) is 1.24. The molecule has 0 bridgehead atoms. The summed E-state index contributed by atoms with van der Waals surface area (Å²) in [6.45, 7) is 11.4. The highest BCUT2D eigenvalue weighted by Gasteiger charge is 2.18. The molecule has 0 aliphatic carbocycles. The second kappa shape index (κ2) is 17.3. The Balaban J connectivity index is 0.00000204. The molecule has 1 aromatic rings. The third-order valence-corrected chi connectivity index (χ3v) is 6.21. The Morgan fingerprint density at radius 2 is 1.62 bits per heavy atom. The van der Waals surface area contributed by atoms with E-state index < -0.39 is 10.8 Å². The Kier molecular flexibility index (Phi) is 15.8. The maximum Gasteiger partial charge on any atom is 0.129 e. The van der Waals surface area contributed by atoms with E-state index in [2.05, 4.69) is 36.5 Å². The van der Waals surface area contributed by atoms with Gasteiger partial charge in [-0.1, -0.05) is 19.1 Å². The van der Waals surface area contributed by atoms with Crippen LogP contribution in [0.15, 0.2) is 4.60 Å². The maximum atomic E-state index is 11.4. The lowest BCUT2D eigenvalue weighted by atomic mass is 10.4. The predicted molar refractivity (Wildman–Crippen MR) is 119 cm³/mol. The van der Waals surface area contributed by atoms with Gasteiger partial charge in [0.15, 0.2) is 0 Å². The smallest absolute Gasteiger partial charge is 0.129 e. The number of aromatic nitrogens is 3. The number of nitrogens with zero attached hydrogens (tertiary/aromatic N) is 4. The minimum absolute atomic E-state index is 0.542. The van der Waals surface area contributed by atoms with Crippen LogP contribution >= 0.6 is 15.9 Å². The molecule has 1 aliphatic heterocycles. The van der Waals surface area contributed by atoms with E-state index in [4.69, 9.17) is 14.2 Å². The molecule has 2 heterocycles. The largest absolute Gasteiger partial charge is 0.378 e. The summed E-state index contributed by atoms with van der Waals surface area (Å²) in [5.74, 6) is 1.48. The molecule has 0 unspecified atom stereocenters. The summed E-state index contributed by atoms with van der Waals surface area (Å²) in [5, 5.41) is 11.4. The molecular formula is C18H36BrN5O4S. The van der Waals surface area contributed by atoms with Gasteiger partial charge in [0.2, 0.25) is 0 Å². The van der Waals surface area contributed by atoms with Gasteiger partial charge < -0.3 is 19.5 Å². The molecule has 0 saturated carbocycles. The molecule has 2 rings (SSSR count). The lowest BCUT2D eigenvalue weighted by molar-refractivity contribution is 0.0134. The summed E-state index contributed by atoms with van der Waals surface area (Å²) < 4.78 is 30.5. The first-order valence-electron chi connectivity index (χ1n) is 10.2. The van der Waals surface area contributed by atoms with Crippen molar-refractivity contribution in [3.8, 4) is 0 Å². The van der Waals surface area contributed by atoms with Crippen molar-refractivity contribution in [2.75, 3.05) is 77.8 Å². The molecule has 1 fully saturated rings. The van der Waals surface area contributed by atoms with E-state index in [1.807, 2.05) is 20.9 Å².